The summed E-state index contributed by atoms with van der Waals surface area (Å²) >= 11 is 0. The molecule has 1 unspecified atom stereocenters. The molecule has 1 amide bonds. The number of benzene rings is 4. The molecule has 6 rings (SSSR count). The lowest BCUT2D eigenvalue weighted by Gasteiger charge is -2.29. The lowest BCUT2D eigenvalue weighted by atomic mass is 9.97. The lowest BCUT2D eigenvalue weighted by molar-refractivity contribution is -0.122. The van der Waals surface area contributed by atoms with Crippen LogP contribution < -0.4 is 14.8 Å². The van der Waals surface area contributed by atoms with Crippen molar-refractivity contribution in [3.05, 3.63) is 108 Å². The molecular formula is C34H37N3O4S. The highest BCUT2D eigenvalue weighted by molar-refractivity contribution is 7.89. The molecule has 1 saturated heterocycles. The van der Waals surface area contributed by atoms with Gasteiger partial charge in [-0.05, 0) is 66.0 Å². The molecule has 0 radical (unpaired) electrons. The average molecular weight is 584 g/mol. The Kier molecular flexibility index (Phi) is 8.55. The maximum absolute atomic E-state index is 13.5. The Morgan fingerprint density at radius 3 is 2.45 bits per heavy atom. The van der Waals surface area contributed by atoms with Crippen molar-refractivity contribution in [1.82, 2.24) is 14.9 Å². The third-order valence-corrected chi connectivity index (χ3v) is 9.70. The van der Waals surface area contributed by atoms with E-state index in [1.54, 1.807) is 18.2 Å². The normalized spacial score (nSPS) is 18.1. The minimum atomic E-state index is -3.90. The Hall–Kier alpha value is -3.72. The number of hydrogen-bond acceptors (Lipinski definition) is 5. The van der Waals surface area contributed by atoms with Gasteiger partial charge in [0, 0.05) is 24.9 Å². The number of hydrogen-bond donors (Lipinski definition) is 2. The fourth-order valence-electron chi connectivity index (χ4n) is 6.00. The smallest absolute Gasteiger partial charge is 0.241 e. The van der Waals surface area contributed by atoms with Gasteiger partial charge in [-0.3, -0.25) is 9.69 Å². The fraction of sp³-hybridized carbons (Fsp3) is 0.324. The minimum Gasteiger partial charge on any atom is -0.493 e. The SMILES string of the molecule is O=C(C[C@@H](NS(=O)(=O)c1ccc2ccccc2c1)c1ccccc1)NC1CCOc2cc(CN3CCCCC3)ccc21. The van der Waals surface area contributed by atoms with E-state index in [9.17, 15) is 13.2 Å². The van der Waals surface area contributed by atoms with Crippen LogP contribution in [0.3, 0.4) is 0 Å². The number of ether oxygens (including phenoxy) is 1. The van der Waals surface area contributed by atoms with Gasteiger partial charge in [0.1, 0.15) is 5.75 Å². The second kappa shape index (κ2) is 12.7. The van der Waals surface area contributed by atoms with Crippen molar-refractivity contribution >= 4 is 26.7 Å². The first kappa shape index (κ1) is 28.4. The molecular weight excluding hydrogens is 546 g/mol. The van der Waals surface area contributed by atoms with Crippen molar-refractivity contribution in [3.63, 3.8) is 0 Å². The van der Waals surface area contributed by atoms with E-state index in [4.69, 9.17) is 4.74 Å². The van der Waals surface area contributed by atoms with Gasteiger partial charge in [-0.15, -0.1) is 0 Å². The molecule has 218 valence electrons. The summed E-state index contributed by atoms with van der Waals surface area (Å²) in [6.45, 7) is 3.68. The molecule has 7 nitrogen and oxygen atoms in total. The van der Waals surface area contributed by atoms with Gasteiger partial charge in [-0.25, -0.2) is 13.1 Å². The zero-order valence-corrected chi connectivity index (χ0v) is 24.5. The number of carbonyl (C=O) groups is 1. The average Bonchev–Trinajstić information content (AvgIpc) is 3.01. The quantitative estimate of drug-likeness (QED) is 0.257. The van der Waals surface area contributed by atoms with Crippen LogP contribution in [-0.2, 0) is 21.4 Å². The van der Waals surface area contributed by atoms with Gasteiger partial charge < -0.3 is 10.1 Å². The lowest BCUT2D eigenvalue weighted by Crippen LogP contribution is -2.36. The molecule has 4 aromatic carbocycles. The van der Waals surface area contributed by atoms with Gasteiger partial charge in [0.15, 0.2) is 0 Å². The van der Waals surface area contributed by atoms with Crippen molar-refractivity contribution in [2.45, 2.75) is 55.6 Å². The fourth-order valence-corrected chi connectivity index (χ4v) is 7.26. The highest BCUT2D eigenvalue weighted by Gasteiger charge is 2.28. The van der Waals surface area contributed by atoms with Crippen LogP contribution in [0.2, 0.25) is 0 Å². The summed E-state index contributed by atoms with van der Waals surface area (Å²) in [5, 5.41) is 4.96. The van der Waals surface area contributed by atoms with E-state index < -0.39 is 16.1 Å². The Labute approximate surface area is 247 Å². The molecule has 0 bridgehead atoms. The van der Waals surface area contributed by atoms with Crippen LogP contribution in [-0.4, -0.2) is 38.9 Å². The van der Waals surface area contributed by atoms with Gasteiger partial charge in [0.05, 0.1) is 23.6 Å². The first-order chi connectivity index (χ1) is 20.4. The minimum absolute atomic E-state index is 0.0312. The third-order valence-electron chi connectivity index (χ3n) is 8.23. The first-order valence-electron chi connectivity index (χ1n) is 14.8. The Bertz CT molecular complexity index is 1650. The van der Waals surface area contributed by atoms with Gasteiger partial charge in [-0.2, -0.15) is 0 Å². The van der Waals surface area contributed by atoms with Gasteiger partial charge in [0.2, 0.25) is 15.9 Å². The topological polar surface area (TPSA) is 87.7 Å². The van der Waals surface area contributed by atoms with Crippen molar-refractivity contribution in [2.75, 3.05) is 19.7 Å². The van der Waals surface area contributed by atoms with Crippen LogP contribution in [0.25, 0.3) is 10.8 Å². The molecule has 2 heterocycles. The molecule has 1 fully saturated rings. The Morgan fingerprint density at radius 1 is 0.881 bits per heavy atom. The molecule has 0 aliphatic carbocycles. The first-order valence-corrected chi connectivity index (χ1v) is 16.3. The molecule has 0 spiro atoms. The number of rotatable bonds is 9. The third kappa shape index (κ3) is 6.67. The molecule has 2 aliphatic heterocycles. The standard InChI is InChI=1S/C34H37N3O4S/c38-34(35-31-17-20-41-33-21-25(13-16-30(31)33)24-37-18-7-2-8-19-37)23-32(27-10-3-1-4-11-27)36-42(39,40)29-15-14-26-9-5-6-12-28(26)22-29/h1,3-6,9-16,21-22,31-32,36H,2,7-8,17-20,23-24H2,(H,35,38)/t31?,32-/m1/s1. The van der Waals surface area contributed by atoms with Crippen LogP contribution in [0.5, 0.6) is 5.75 Å². The predicted molar refractivity (Wildman–Crippen MR) is 165 cm³/mol. The summed E-state index contributed by atoms with van der Waals surface area (Å²) in [5.41, 5.74) is 2.91. The number of nitrogens with zero attached hydrogens (tertiary/aromatic N) is 1. The summed E-state index contributed by atoms with van der Waals surface area (Å²) in [4.78, 5) is 16.1. The van der Waals surface area contributed by atoms with Crippen molar-refractivity contribution in [3.8, 4) is 5.75 Å². The number of nitrogens with one attached hydrogen (secondary N) is 2. The second-order valence-electron chi connectivity index (χ2n) is 11.3. The van der Waals surface area contributed by atoms with Crippen molar-refractivity contribution < 1.29 is 17.9 Å². The van der Waals surface area contributed by atoms with E-state index in [-0.39, 0.29) is 23.3 Å². The van der Waals surface area contributed by atoms with Gasteiger partial charge in [0.25, 0.3) is 0 Å². The maximum Gasteiger partial charge on any atom is 0.241 e. The van der Waals surface area contributed by atoms with E-state index in [1.165, 1.54) is 24.8 Å². The summed E-state index contributed by atoms with van der Waals surface area (Å²) in [6.07, 6.45) is 4.43. The van der Waals surface area contributed by atoms with Crippen molar-refractivity contribution in [1.29, 1.82) is 0 Å². The Balaban J connectivity index is 1.17. The summed E-state index contributed by atoms with van der Waals surface area (Å²) in [7, 11) is -3.90. The zero-order valence-electron chi connectivity index (χ0n) is 23.7. The molecule has 8 heteroatoms. The molecule has 42 heavy (non-hydrogen) atoms. The van der Waals surface area contributed by atoms with Crippen molar-refractivity contribution in [2.24, 2.45) is 0 Å². The number of amides is 1. The van der Waals surface area contributed by atoms with Crippen LogP contribution in [0.15, 0.2) is 95.9 Å². The highest BCUT2D eigenvalue weighted by atomic mass is 32.2. The molecule has 0 aromatic heterocycles. The summed E-state index contributed by atoms with van der Waals surface area (Å²) in [5.74, 6) is 0.595. The number of likely N-dealkylation sites (tertiary alicyclic amines) is 1. The van der Waals surface area contributed by atoms with Crippen LogP contribution in [0, 0.1) is 0 Å². The monoisotopic (exact) mass is 583 g/mol. The largest absolute Gasteiger partial charge is 0.493 e. The van der Waals surface area contributed by atoms with E-state index in [0.717, 1.165) is 47.3 Å². The summed E-state index contributed by atoms with van der Waals surface area (Å²) < 4.78 is 35.8. The highest BCUT2D eigenvalue weighted by Crippen LogP contribution is 2.34. The van der Waals surface area contributed by atoms with E-state index in [0.29, 0.717) is 13.0 Å². The number of sulfonamides is 1. The van der Waals surface area contributed by atoms with E-state index in [1.807, 2.05) is 54.6 Å². The van der Waals surface area contributed by atoms with Gasteiger partial charge >= 0.3 is 0 Å². The van der Waals surface area contributed by atoms with Crippen LogP contribution in [0.4, 0.5) is 0 Å². The predicted octanol–water partition coefficient (Wildman–Crippen LogP) is 5.88. The molecule has 2 atom stereocenters. The van der Waals surface area contributed by atoms with Crippen LogP contribution in [0.1, 0.15) is 60.9 Å². The number of piperidine rings is 1. The summed E-state index contributed by atoms with van der Waals surface area (Å²) in [6, 6.07) is 27.3. The molecule has 2 N–H and O–H groups in total. The zero-order chi connectivity index (χ0) is 28.9. The van der Waals surface area contributed by atoms with Gasteiger partial charge in [-0.1, -0.05) is 79.2 Å². The van der Waals surface area contributed by atoms with E-state index >= 15 is 0 Å². The number of fused-ring (bicyclic) bond motifs is 2. The molecule has 4 aromatic rings. The molecule has 2 aliphatic rings. The molecule has 0 saturated carbocycles. The number of carbonyl (C=O) groups excluding carboxylic acids is 1. The maximum atomic E-state index is 13.5. The Morgan fingerprint density at radius 2 is 1.64 bits per heavy atom. The van der Waals surface area contributed by atoms with Crippen LogP contribution >= 0.6 is 0 Å². The second-order valence-corrected chi connectivity index (χ2v) is 13.0. The van der Waals surface area contributed by atoms with E-state index in [2.05, 4.69) is 33.1 Å².